The molecule has 3 atom stereocenters. The number of amides is 2. The van der Waals surface area contributed by atoms with Gasteiger partial charge in [-0.3, -0.25) is 14.5 Å². The Morgan fingerprint density at radius 2 is 1.77 bits per heavy atom. The fraction of sp³-hybridized carbons (Fsp3) is 0.433. The highest BCUT2D eigenvalue weighted by Gasteiger charge is 2.40. The first kappa shape index (κ1) is 35.4. The Bertz CT molecular complexity index is 1300. The molecule has 43 heavy (non-hydrogen) atoms. The van der Waals surface area contributed by atoms with Crippen molar-refractivity contribution in [2.75, 3.05) is 29.9 Å². The number of nitrogens with two attached hydrogens (primary N) is 1. The minimum absolute atomic E-state index is 0.0735. The van der Waals surface area contributed by atoms with Crippen LogP contribution in [0.4, 0.5) is 11.5 Å². The van der Waals surface area contributed by atoms with Gasteiger partial charge >= 0.3 is 11.9 Å². The summed E-state index contributed by atoms with van der Waals surface area (Å²) in [6.45, 7) is 8.80. The fourth-order valence-electron chi connectivity index (χ4n) is 4.52. The second-order valence-corrected chi connectivity index (χ2v) is 11.3. The molecular weight excluding hydrogens is 578 g/mol. The number of nitrogens with one attached hydrogen (secondary N) is 1. The van der Waals surface area contributed by atoms with Crippen LogP contribution in [0.25, 0.3) is 0 Å². The number of para-hydroxylation sites is 1. The molecule has 1 aliphatic heterocycles. The number of aliphatic carboxylic acids is 2. The number of carboxylic acid groups (broad SMARTS) is 2. The normalized spacial score (nSPS) is 17.0. The average molecular weight is 618 g/mol. The molecule has 0 spiro atoms. The third kappa shape index (κ3) is 10.7. The maximum atomic E-state index is 13.0. The molecule has 234 valence electrons. The van der Waals surface area contributed by atoms with Gasteiger partial charge in [0.2, 0.25) is 11.8 Å². The molecule has 1 saturated heterocycles. The van der Waals surface area contributed by atoms with Crippen molar-refractivity contribution in [3.8, 4) is 0 Å². The summed E-state index contributed by atoms with van der Waals surface area (Å²) < 4.78 is 0. The largest absolute Gasteiger partial charge is 0.478 e. The first-order valence-corrected chi connectivity index (χ1v) is 14.1. The molecule has 1 fully saturated rings. The predicted octanol–water partition coefficient (Wildman–Crippen LogP) is 2.93. The van der Waals surface area contributed by atoms with Gasteiger partial charge in [0.25, 0.3) is 0 Å². The van der Waals surface area contributed by atoms with Crippen LogP contribution in [-0.2, 0) is 19.2 Å². The molecule has 2 aromatic rings. The standard InChI is InChI=1S/C26H36ClN5O3.C4H4O4/c1-5-18(25(35)30-24-17(2)9-8-12-29-24)13-22(33)20(28)14-31-15-23(34)32(16-26(31,3)4)21-11-7-6-10-19(21)27;5-3(6)1-2-4(7)8/h6-12,18,20,22,33H,5,13-16,28H2,1-4H3,(H,29,30,35);1-2H,(H,5,6)(H,7,8)/b;2-1+/t18-,20+,22+;/m1./s1. The summed E-state index contributed by atoms with van der Waals surface area (Å²) in [6.07, 6.45) is 2.63. The number of anilines is 2. The van der Waals surface area contributed by atoms with Gasteiger partial charge in [-0.15, -0.1) is 0 Å². The third-order valence-electron chi connectivity index (χ3n) is 7.11. The summed E-state index contributed by atoms with van der Waals surface area (Å²) in [7, 11) is 0. The van der Waals surface area contributed by atoms with Crippen molar-refractivity contribution in [3.05, 3.63) is 65.3 Å². The van der Waals surface area contributed by atoms with Crippen molar-refractivity contribution in [1.82, 2.24) is 9.88 Å². The molecule has 3 rings (SSSR count). The van der Waals surface area contributed by atoms with Crippen molar-refractivity contribution < 1.29 is 34.5 Å². The van der Waals surface area contributed by atoms with Crippen LogP contribution in [0.5, 0.6) is 0 Å². The summed E-state index contributed by atoms with van der Waals surface area (Å²) in [6, 6.07) is 10.4. The number of carboxylic acids is 2. The molecule has 6 N–H and O–H groups in total. The highest BCUT2D eigenvalue weighted by Crippen LogP contribution is 2.31. The molecule has 0 unspecified atom stereocenters. The van der Waals surface area contributed by atoms with Crippen LogP contribution in [0.1, 0.15) is 39.2 Å². The first-order chi connectivity index (χ1) is 20.2. The number of aliphatic hydroxyl groups excluding tert-OH is 1. The number of aryl methyl sites for hydroxylation is 1. The lowest BCUT2D eigenvalue weighted by Gasteiger charge is -2.47. The van der Waals surface area contributed by atoms with Crippen LogP contribution in [0.2, 0.25) is 5.02 Å². The van der Waals surface area contributed by atoms with E-state index in [1.165, 1.54) is 0 Å². The summed E-state index contributed by atoms with van der Waals surface area (Å²) in [5.41, 5.74) is 7.56. The second-order valence-electron chi connectivity index (χ2n) is 10.9. The number of aromatic nitrogens is 1. The molecule has 0 saturated carbocycles. The van der Waals surface area contributed by atoms with E-state index < -0.39 is 30.0 Å². The van der Waals surface area contributed by atoms with E-state index in [-0.39, 0.29) is 30.3 Å². The summed E-state index contributed by atoms with van der Waals surface area (Å²) in [5, 5.41) is 29.9. The Morgan fingerprint density at radius 1 is 1.14 bits per heavy atom. The minimum atomic E-state index is -1.26. The van der Waals surface area contributed by atoms with Gasteiger partial charge in [-0.25, -0.2) is 14.6 Å². The van der Waals surface area contributed by atoms with Gasteiger partial charge in [-0.05, 0) is 57.4 Å². The summed E-state index contributed by atoms with van der Waals surface area (Å²) in [4.78, 5) is 52.8. The lowest BCUT2D eigenvalue weighted by molar-refractivity contribution is -0.134. The van der Waals surface area contributed by atoms with E-state index in [0.29, 0.717) is 48.2 Å². The SMILES string of the molecule is CC[C@H](C[C@H](O)[C@@H](N)CN1CC(=O)N(c2ccccc2Cl)CC1(C)C)C(=O)Nc1ncccc1C.O=C(O)/C=C/C(=O)O. The van der Waals surface area contributed by atoms with Gasteiger partial charge in [-0.2, -0.15) is 0 Å². The molecule has 1 aromatic carbocycles. The fourth-order valence-corrected chi connectivity index (χ4v) is 4.76. The highest BCUT2D eigenvalue weighted by molar-refractivity contribution is 6.33. The Kier molecular flexibility index (Phi) is 13.3. The van der Waals surface area contributed by atoms with Gasteiger partial charge in [0.05, 0.1) is 23.4 Å². The summed E-state index contributed by atoms with van der Waals surface area (Å²) >= 11 is 6.33. The Hall–Kier alpha value is -3.84. The van der Waals surface area contributed by atoms with E-state index in [0.717, 1.165) is 5.56 Å². The van der Waals surface area contributed by atoms with E-state index in [2.05, 4.69) is 10.3 Å². The van der Waals surface area contributed by atoms with Crippen molar-refractivity contribution in [3.63, 3.8) is 0 Å². The molecule has 0 radical (unpaired) electrons. The van der Waals surface area contributed by atoms with Crippen LogP contribution < -0.4 is 16.0 Å². The monoisotopic (exact) mass is 617 g/mol. The molecule has 13 heteroatoms. The lowest BCUT2D eigenvalue weighted by atomic mass is 9.92. The number of carbonyl (C=O) groups excluding carboxylic acids is 2. The molecule has 2 amide bonds. The Labute approximate surface area is 256 Å². The molecule has 1 aliphatic rings. The van der Waals surface area contributed by atoms with Crippen LogP contribution >= 0.6 is 11.6 Å². The van der Waals surface area contributed by atoms with Crippen molar-refractivity contribution >= 4 is 46.9 Å². The molecule has 0 bridgehead atoms. The zero-order chi connectivity index (χ0) is 32.3. The maximum Gasteiger partial charge on any atom is 0.328 e. The van der Waals surface area contributed by atoms with Gasteiger partial charge in [0.15, 0.2) is 0 Å². The quantitative estimate of drug-likeness (QED) is 0.235. The van der Waals surface area contributed by atoms with Crippen molar-refractivity contribution in [2.24, 2.45) is 11.7 Å². The zero-order valence-corrected chi connectivity index (χ0v) is 25.5. The Morgan fingerprint density at radius 3 is 2.33 bits per heavy atom. The minimum Gasteiger partial charge on any atom is -0.478 e. The van der Waals surface area contributed by atoms with Crippen LogP contribution in [0.3, 0.4) is 0 Å². The van der Waals surface area contributed by atoms with E-state index in [4.69, 9.17) is 27.5 Å². The van der Waals surface area contributed by atoms with Crippen LogP contribution in [-0.4, -0.2) is 86.3 Å². The van der Waals surface area contributed by atoms with Crippen LogP contribution in [0.15, 0.2) is 54.7 Å². The van der Waals surface area contributed by atoms with Crippen molar-refractivity contribution in [1.29, 1.82) is 0 Å². The van der Waals surface area contributed by atoms with E-state index >= 15 is 0 Å². The predicted molar refractivity (Wildman–Crippen MR) is 164 cm³/mol. The number of benzene rings is 1. The zero-order valence-electron chi connectivity index (χ0n) is 24.7. The van der Waals surface area contributed by atoms with Gasteiger partial charge in [0, 0.05) is 48.9 Å². The molecule has 1 aromatic heterocycles. The van der Waals surface area contributed by atoms with Crippen LogP contribution in [0, 0.1) is 12.8 Å². The van der Waals surface area contributed by atoms with Crippen molar-refractivity contribution in [2.45, 2.75) is 58.2 Å². The number of pyridine rings is 1. The maximum absolute atomic E-state index is 13.0. The number of hydrogen-bond acceptors (Lipinski definition) is 8. The van der Waals surface area contributed by atoms with Gasteiger partial charge < -0.3 is 31.3 Å². The number of hydrogen-bond donors (Lipinski definition) is 5. The average Bonchev–Trinajstić information content (AvgIpc) is 2.94. The molecule has 12 nitrogen and oxygen atoms in total. The highest BCUT2D eigenvalue weighted by atomic mass is 35.5. The molecule has 2 heterocycles. The number of aliphatic hydroxyl groups is 1. The number of piperazine rings is 1. The Balaban J connectivity index is 0.000000708. The van der Waals surface area contributed by atoms with E-state index in [1.807, 2.05) is 62.9 Å². The second kappa shape index (κ2) is 16.1. The first-order valence-electron chi connectivity index (χ1n) is 13.8. The number of halogens is 1. The summed E-state index contributed by atoms with van der Waals surface area (Å²) in [5.74, 6) is -2.67. The van der Waals surface area contributed by atoms with E-state index in [9.17, 15) is 24.3 Å². The van der Waals surface area contributed by atoms with E-state index in [1.54, 1.807) is 17.2 Å². The molecule has 0 aliphatic carbocycles. The molecular formula is C30H40ClN5O7. The smallest absolute Gasteiger partial charge is 0.328 e. The number of rotatable bonds is 11. The topological polar surface area (TPSA) is 186 Å². The van der Waals surface area contributed by atoms with Gasteiger partial charge in [-0.1, -0.05) is 36.7 Å². The van der Waals surface area contributed by atoms with Gasteiger partial charge in [0.1, 0.15) is 5.82 Å². The third-order valence-corrected chi connectivity index (χ3v) is 7.43. The lowest BCUT2D eigenvalue weighted by Crippen LogP contribution is -2.64. The number of nitrogens with zero attached hydrogens (tertiary/aromatic N) is 3. The number of carbonyl (C=O) groups is 4.